The fourth-order valence-corrected chi connectivity index (χ4v) is 2.86. The van der Waals surface area contributed by atoms with E-state index in [1.165, 1.54) is 0 Å². The van der Waals surface area contributed by atoms with E-state index in [1.807, 2.05) is 18.9 Å². The van der Waals surface area contributed by atoms with Crippen molar-refractivity contribution in [2.75, 3.05) is 20.8 Å². The summed E-state index contributed by atoms with van der Waals surface area (Å²) >= 11 is 0. The number of rotatable bonds is 4. The van der Waals surface area contributed by atoms with Crippen LogP contribution in [-0.2, 0) is 9.53 Å². The molecular weight excluding hydrogens is 228 g/mol. The molecule has 1 aliphatic rings. The summed E-state index contributed by atoms with van der Waals surface area (Å²) in [4.78, 5) is 14.3. The van der Waals surface area contributed by atoms with Crippen LogP contribution in [0.15, 0.2) is 0 Å². The Hall–Kier alpha value is -0.610. The topological polar surface area (TPSA) is 55.6 Å². The smallest absolute Gasteiger partial charge is 0.226 e. The van der Waals surface area contributed by atoms with Crippen molar-refractivity contribution in [1.82, 2.24) is 4.90 Å². The molecule has 1 aliphatic carbocycles. The molecule has 4 nitrogen and oxygen atoms in total. The average Bonchev–Trinajstić information content (AvgIpc) is 2.32. The lowest BCUT2D eigenvalue weighted by atomic mass is 9.72. The van der Waals surface area contributed by atoms with Crippen LogP contribution >= 0.6 is 0 Å². The summed E-state index contributed by atoms with van der Waals surface area (Å²) in [6.45, 7) is 6.93. The van der Waals surface area contributed by atoms with E-state index in [4.69, 9.17) is 10.5 Å². The van der Waals surface area contributed by atoms with Gasteiger partial charge in [0.25, 0.3) is 0 Å². The van der Waals surface area contributed by atoms with E-state index in [1.54, 1.807) is 7.11 Å². The van der Waals surface area contributed by atoms with E-state index < -0.39 is 0 Å². The summed E-state index contributed by atoms with van der Waals surface area (Å²) < 4.78 is 5.11. The molecule has 0 spiro atoms. The maximum Gasteiger partial charge on any atom is 0.226 e. The molecule has 4 heteroatoms. The molecule has 0 saturated heterocycles. The van der Waals surface area contributed by atoms with Crippen molar-refractivity contribution >= 4 is 5.91 Å². The first-order chi connectivity index (χ1) is 8.38. The number of likely N-dealkylation sites (N-methyl/N-ethyl adjacent to an activating group) is 1. The molecule has 5 atom stereocenters. The standard InChI is InChI=1S/C14H28N2O2/c1-9-6-10(2)13(15)7-12(9)14(17)16(4)11(3)8-18-5/h9-13H,6-8,15H2,1-5H3. The molecule has 1 saturated carbocycles. The Morgan fingerprint density at radius 3 is 2.56 bits per heavy atom. The Labute approximate surface area is 111 Å². The predicted octanol–water partition coefficient (Wildman–Crippen LogP) is 1.49. The van der Waals surface area contributed by atoms with Crippen LogP contribution < -0.4 is 5.73 Å². The number of methoxy groups -OCH3 is 1. The predicted molar refractivity (Wildman–Crippen MR) is 73.1 cm³/mol. The number of ether oxygens (including phenoxy) is 1. The average molecular weight is 256 g/mol. The van der Waals surface area contributed by atoms with Gasteiger partial charge in [0, 0.05) is 26.1 Å². The number of nitrogens with zero attached hydrogens (tertiary/aromatic N) is 1. The van der Waals surface area contributed by atoms with Crippen molar-refractivity contribution in [1.29, 1.82) is 0 Å². The molecule has 5 unspecified atom stereocenters. The van der Waals surface area contributed by atoms with Gasteiger partial charge >= 0.3 is 0 Å². The van der Waals surface area contributed by atoms with Gasteiger partial charge in [-0.05, 0) is 31.6 Å². The highest BCUT2D eigenvalue weighted by Gasteiger charge is 2.37. The first-order valence-corrected chi connectivity index (χ1v) is 6.89. The first-order valence-electron chi connectivity index (χ1n) is 6.89. The Balaban J connectivity index is 2.65. The summed E-state index contributed by atoms with van der Waals surface area (Å²) in [7, 11) is 3.53. The summed E-state index contributed by atoms with van der Waals surface area (Å²) in [5.74, 6) is 1.23. The summed E-state index contributed by atoms with van der Waals surface area (Å²) in [6.07, 6.45) is 1.86. The summed E-state index contributed by atoms with van der Waals surface area (Å²) in [6, 6.07) is 0.270. The third-order valence-electron chi connectivity index (χ3n) is 4.42. The molecular formula is C14H28N2O2. The summed E-state index contributed by atoms with van der Waals surface area (Å²) in [5.41, 5.74) is 6.11. The molecule has 0 aromatic heterocycles. The number of nitrogens with two attached hydrogens (primary N) is 1. The second kappa shape index (κ2) is 6.53. The van der Waals surface area contributed by atoms with Crippen molar-refractivity contribution in [3.8, 4) is 0 Å². The van der Waals surface area contributed by atoms with Crippen molar-refractivity contribution in [3.05, 3.63) is 0 Å². The molecule has 18 heavy (non-hydrogen) atoms. The van der Waals surface area contributed by atoms with Crippen LogP contribution in [0.4, 0.5) is 0 Å². The van der Waals surface area contributed by atoms with Gasteiger partial charge in [0.2, 0.25) is 5.91 Å². The van der Waals surface area contributed by atoms with Gasteiger partial charge in [-0.1, -0.05) is 13.8 Å². The fraction of sp³-hybridized carbons (Fsp3) is 0.929. The van der Waals surface area contributed by atoms with Crippen LogP contribution in [0.2, 0.25) is 0 Å². The molecule has 0 aromatic carbocycles. The molecule has 2 N–H and O–H groups in total. The van der Waals surface area contributed by atoms with Crippen LogP contribution in [-0.4, -0.2) is 43.7 Å². The zero-order valence-corrected chi connectivity index (χ0v) is 12.3. The van der Waals surface area contributed by atoms with Gasteiger partial charge in [0.15, 0.2) is 0 Å². The van der Waals surface area contributed by atoms with Crippen molar-refractivity contribution in [3.63, 3.8) is 0 Å². The van der Waals surface area contributed by atoms with E-state index in [2.05, 4.69) is 13.8 Å². The lowest BCUT2D eigenvalue weighted by Gasteiger charge is -2.39. The molecule has 0 aromatic rings. The van der Waals surface area contributed by atoms with Gasteiger partial charge in [-0.25, -0.2) is 0 Å². The van der Waals surface area contributed by atoms with Crippen molar-refractivity contribution < 1.29 is 9.53 Å². The highest BCUT2D eigenvalue weighted by molar-refractivity contribution is 5.79. The quantitative estimate of drug-likeness (QED) is 0.829. The number of hydrogen-bond acceptors (Lipinski definition) is 3. The van der Waals surface area contributed by atoms with Gasteiger partial charge in [-0.3, -0.25) is 4.79 Å². The zero-order valence-electron chi connectivity index (χ0n) is 12.3. The molecule has 0 radical (unpaired) electrons. The SMILES string of the molecule is COCC(C)N(C)C(=O)C1CC(N)C(C)CC1C. The van der Waals surface area contributed by atoms with E-state index in [0.29, 0.717) is 18.4 Å². The third-order valence-corrected chi connectivity index (χ3v) is 4.42. The molecule has 1 rings (SSSR count). The summed E-state index contributed by atoms with van der Waals surface area (Å²) in [5, 5.41) is 0. The first kappa shape index (κ1) is 15.4. The number of carbonyl (C=O) groups excluding carboxylic acids is 1. The molecule has 0 heterocycles. The Morgan fingerprint density at radius 2 is 2.00 bits per heavy atom. The van der Waals surface area contributed by atoms with Crippen LogP contribution in [0, 0.1) is 17.8 Å². The Morgan fingerprint density at radius 1 is 1.39 bits per heavy atom. The van der Waals surface area contributed by atoms with Gasteiger partial charge in [-0.2, -0.15) is 0 Å². The number of carbonyl (C=O) groups is 1. The molecule has 106 valence electrons. The maximum atomic E-state index is 12.5. The highest BCUT2D eigenvalue weighted by atomic mass is 16.5. The molecule has 1 fully saturated rings. The van der Waals surface area contributed by atoms with Gasteiger partial charge in [-0.15, -0.1) is 0 Å². The van der Waals surface area contributed by atoms with Gasteiger partial charge in [0.1, 0.15) is 0 Å². The monoisotopic (exact) mass is 256 g/mol. The van der Waals surface area contributed by atoms with E-state index in [0.717, 1.165) is 12.8 Å². The molecule has 1 amide bonds. The number of amides is 1. The number of hydrogen-bond donors (Lipinski definition) is 1. The van der Waals surface area contributed by atoms with E-state index in [-0.39, 0.29) is 23.9 Å². The molecule has 0 aliphatic heterocycles. The van der Waals surface area contributed by atoms with Gasteiger partial charge < -0.3 is 15.4 Å². The second-order valence-electron chi connectivity index (χ2n) is 5.95. The van der Waals surface area contributed by atoms with Crippen molar-refractivity contribution in [2.24, 2.45) is 23.5 Å². The largest absolute Gasteiger partial charge is 0.383 e. The minimum absolute atomic E-state index is 0.0699. The highest BCUT2D eigenvalue weighted by Crippen LogP contribution is 2.34. The Bertz CT molecular complexity index is 283. The minimum atomic E-state index is 0.0699. The van der Waals surface area contributed by atoms with Crippen LogP contribution in [0.1, 0.15) is 33.6 Å². The Kier molecular flexibility index (Phi) is 5.60. The van der Waals surface area contributed by atoms with Crippen LogP contribution in [0.3, 0.4) is 0 Å². The van der Waals surface area contributed by atoms with Gasteiger partial charge in [0.05, 0.1) is 12.6 Å². The van der Waals surface area contributed by atoms with E-state index in [9.17, 15) is 4.79 Å². The lowest BCUT2D eigenvalue weighted by molar-refractivity contribution is -0.140. The fourth-order valence-electron chi connectivity index (χ4n) is 2.86. The second-order valence-corrected chi connectivity index (χ2v) is 5.95. The van der Waals surface area contributed by atoms with Crippen molar-refractivity contribution in [2.45, 2.75) is 45.7 Å². The molecule has 0 bridgehead atoms. The minimum Gasteiger partial charge on any atom is -0.383 e. The van der Waals surface area contributed by atoms with Crippen LogP contribution in [0.5, 0.6) is 0 Å². The normalized spacial score (nSPS) is 34.1. The maximum absolute atomic E-state index is 12.5. The third kappa shape index (κ3) is 3.45. The van der Waals surface area contributed by atoms with E-state index >= 15 is 0 Å². The lowest BCUT2D eigenvalue weighted by Crippen LogP contribution is -2.48. The van der Waals surface area contributed by atoms with Crippen LogP contribution in [0.25, 0.3) is 0 Å². The zero-order chi connectivity index (χ0) is 13.9.